The van der Waals surface area contributed by atoms with E-state index in [1.165, 1.54) is 0 Å². The summed E-state index contributed by atoms with van der Waals surface area (Å²) in [6, 6.07) is 5.83. The van der Waals surface area contributed by atoms with Gasteiger partial charge in [-0.1, -0.05) is 22.0 Å². The fourth-order valence-electron chi connectivity index (χ4n) is 1.28. The van der Waals surface area contributed by atoms with Gasteiger partial charge in [0.1, 0.15) is 12.4 Å². The molecule has 0 spiro atoms. The highest BCUT2D eigenvalue weighted by atomic mass is 79.9. The average Bonchev–Trinajstić information content (AvgIpc) is 2.25. The molecule has 90 valence electrons. The summed E-state index contributed by atoms with van der Waals surface area (Å²) in [5.74, 6) is 0.813. The summed E-state index contributed by atoms with van der Waals surface area (Å²) < 4.78 is 11.8. The quantitative estimate of drug-likeness (QED) is 0.906. The Bertz CT molecular complexity index is 342. The van der Waals surface area contributed by atoms with Gasteiger partial charge in [-0.25, -0.2) is 0 Å². The van der Waals surface area contributed by atoms with E-state index in [4.69, 9.17) is 15.2 Å². The highest BCUT2D eigenvalue weighted by Gasteiger charge is 2.10. The minimum absolute atomic E-state index is 0.0408. The van der Waals surface area contributed by atoms with Gasteiger partial charge in [-0.05, 0) is 26.0 Å². The summed E-state index contributed by atoms with van der Waals surface area (Å²) in [6.07, 6.45) is 0.0694. The summed E-state index contributed by atoms with van der Waals surface area (Å²) in [5, 5.41) is 0. The van der Waals surface area contributed by atoms with Gasteiger partial charge < -0.3 is 15.2 Å². The fraction of sp³-hybridized carbons (Fsp3) is 0.500. The van der Waals surface area contributed by atoms with Gasteiger partial charge in [0.2, 0.25) is 0 Å². The number of methoxy groups -OCH3 is 1. The molecule has 0 fully saturated rings. The standard InChI is InChI=1S/C12H18BrNO2/c1-8(15-3)7-16-12-6-10(13)4-5-11(12)9(2)14/h4-6,8-9H,7,14H2,1-3H3/t8?,9-/m0/s1. The second kappa shape index (κ2) is 6.23. The van der Waals surface area contributed by atoms with Crippen LogP contribution in [0.25, 0.3) is 0 Å². The number of halogens is 1. The molecule has 1 unspecified atom stereocenters. The van der Waals surface area contributed by atoms with Crippen LogP contribution in [0, 0.1) is 0 Å². The van der Waals surface area contributed by atoms with Crippen molar-refractivity contribution in [2.24, 2.45) is 5.73 Å². The highest BCUT2D eigenvalue weighted by molar-refractivity contribution is 9.10. The van der Waals surface area contributed by atoms with Crippen molar-refractivity contribution in [3.63, 3.8) is 0 Å². The van der Waals surface area contributed by atoms with E-state index >= 15 is 0 Å². The number of rotatable bonds is 5. The lowest BCUT2D eigenvalue weighted by Crippen LogP contribution is -2.17. The fourth-order valence-corrected chi connectivity index (χ4v) is 1.62. The molecule has 16 heavy (non-hydrogen) atoms. The first kappa shape index (κ1) is 13.5. The lowest BCUT2D eigenvalue weighted by atomic mass is 10.1. The van der Waals surface area contributed by atoms with Crippen LogP contribution in [0.1, 0.15) is 25.5 Å². The Labute approximate surface area is 105 Å². The summed E-state index contributed by atoms with van der Waals surface area (Å²) in [4.78, 5) is 0. The summed E-state index contributed by atoms with van der Waals surface area (Å²) in [6.45, 7) is 4.42. The van der Waals surface area contributed by atoms with Crippen LogP contribution in [0.3, 0.4) is 0 Å². The van der Waals surface area contributed by atoms with Crippen molar-refractivity contribution in [3.05, 3.63) is 28.2 Å². The predicted molar refractivity (Wildman–Crippen MR) is 68.7 cm³/mol. The Balaban J connectivity index is 2.80. The van der Waals surface area contributed by atoms with Gasteiger partial charge in [0.05, 0.1) is 6.10 Å². The van der Waals surface area contributed by atoms with Crippen molar-refractivity contribution in [1.29, 1.82) is 0 Å². The SMILES string of the molecule is COC(C)COc1cc(Br)ccc1[C@H](C)N. The van der Waals surface area contributed by atoms with Crippen LogP contribution in [0.4, 0.5) is 0 Å². The van der Waals surface area contributed by atoms with Crippen molar-refractivity contribution >= 4 is 15.9 Å². The molecule has 0 aromatic heterocycles. The molecule has 1 aromatic rings. The lowest BCUT2D eigenvalue weighted by Gasteiger charge is -2.16. The Hall–Kier alpha value is -0.580. The number of ether oxygens (including phenoxy) is 2. The zero-order valence-corrected chi connectivity index (χ0v) is 11.5. The second-order valence-electron chi connectivity index (χ2n) is 3.83. The maximum absolute atomic E-state index is 5.88. The summed E-state index contributed by atoms with van der Waals surface area (Å²) >= 11 is 3.42. The Morgan fingerprint density at radius 3 is 2.62 bits per heavy atom. The second-order valence-corrected chi connectivity index (χ2v) is 4.74. The third-order valence-corrected chi connectivity index (χ3v) is 2.84. The van der Waals surface area contributed by atoms with E-state index in [0.717, 1.165) is 15.8 Å². The predicted octanol–water partition coefficient (Wildman–Crippen LogP) is 2.88. The van der Waals surface area contributed by atoms with E-state index in [1.54, 1.807) is 7.11 Å². The monoisotopic (exact) mass is 287 g/mol. The first-order valence-corrected chi connectivity index (χ1v) is 6.04. The zero-order chi connectivity index (χ0) is 12.1. The zero-order valence-electron chi connectivity index (χ0n) is 9.87. The van der Waals surface area contributed by atoms with Gasteiger partial charge in [-0.2, -0.15) is 0 Å². The molecule has 2 N–H and O–H groups in total. The third kappa shape index (κ3) is 3.77. The topological polar surface area (TPSA) is 44.5 Å². The number of benzene rings is 1. The summed E-state index contributed by atoms with van der Waals surface area (Å²) in [5.41, 5.74) is 6.88. The normalized spacial score (nSPS) is 14.6. The van der Waals surface area contributed by atoms with E-state index in [2.05, 4.69) is 15.9 Å². The van der Waals surface area contributed by atoms with E-state index in [-0.39, 0.29) is 12.1 Å². The molecule has 0 amide bonds. The maximum Gasteiger partial charge on any atom is 0.125 e. The Morgan fingerprint density at radius 1 is 1.38 bits per heavy atom. The molecule has 0 aliphatic rings. The molecule has 4 heteroatoms. The average molecular weight is 288 g/mol. The van der Waals surface area contributed by atoms with E-state index < -0.39 is 0 Å². The first-order valence-electron chi connectivity index (χ1n) is 5.25. The largest absolute Gasteiger partial charge is 0.491 e. The lowest BCUT2D eigenvalue weighted by molar-refractivity contribution is 0.0712. The van der Waals surface area contributed by atoms with Crippen LogP contribution in [0.5, 0.6) is 5.75 Å². The molecule has 0 radical (unpaired) electrons. The first-order chi connectivity index (χ1) is 7.54. The number of hydrogen-bond donors (Lipinski definition) is 1. The van der Waals surface area contributed by atoms with E-state index in [1.807, 2.05) is 32.0 Å². The number of nitrogens with two attached hydrogens (primary N) is 1. The van der Waals surface area contributed by atoms with Gasteiger partial charge in [0.15, 0.2) is 0 Å². The molecule has 0 aliphatic heterocycles. The van der Waals surface area contributed by atoms with Crippen molar-refractivity contribution in [1.82, 2.24) is 0 Å². The molecule has 0 heterocycles. The number of hydrogen-bond acceptors (Lipinski definition) is 3. The van der Waals surface area contributed by atoms with Crippen LogP contribution < -0.4 is 10.5 Å². The van der Waals surface area contributed by atoms with Gasteiger partial charge in [-0.15, -0.1) is 0 Å². The van der Waals surface area contributed by atoms with Gasteiger partial charge in [0.25, 0.3) is 0 Å². The maximum atomic E-state index is 5.88. The molecule has 0 saturated carbocycles. The van der Waals surface area contributed by atoms with E-state index in [9.17, 15) is 0 Å². The molecule has 1 rings (SSSR count). The van der Waals surface area contributed by atoms with E-state index in [0.29, 0.717) is 6.61 Å². The minimum Gasteiger partial charge on any atom is -0.491 e. The van der Waals surface area contributed by atoms with Gasteiger partial charge in [-0.3, -0.25) is 0 Å². The van der Waals surface area contributed by atoms with Crippen LogP contribution in [-0.2, 0) is 4.74 Å². The molecular weight excluding hydrogens is 270 g/mol. The van der Waals surface area contributed by atoms with Crippen LogP contribution in [0.15, 0.2) is 22.7 Å². The summed E-state index contributed by atoms with van der Waals surface area (Å²) in [7, 11) is 1.67. The molecule has 0 saturated heterocycles. The van der Waals surface area contributed by atoms with Crippen LogP contribution >= 0.6 is 15.9 Å². The molecule has 2 atom stereocenters. The van der Waals surface area contributed by atoms with Crippen LogP contribution in [0.2, 0.25) is 0 Å². The molecule has 3 nitrogen and oxygen atoms in total. The van der Waals surface area contributed by atoms with Crippen molar-refractivity contribution < 1.29 is 9.47 Å². The highest BCUT2D eigenvalue weighted by Crippen LogP contribution is 2.27. The van der Waals surface area contributed by atoms with Crippen molar-refractivity contribution in [2.75, 3.05) is 13.7 Å². The molecule has 0 aliphatic carbocycles. The van der Waals surface area contributed by atoms with Crippen molar-refractivity contribution in [2.45, 2.75) is 26.0 Å². The smallest absolute Gasteiger partial charge is 0.125 e. The molecule has 0 bridgehead atoms. The molecule has 1 aromatic carbocycles. The Kier molecular flexibility index (Phi) is 5.25. The van der Waals surface area contributed by atoms with Crippen molar-refractivity contribution in [3.8, 4) is 5.75 Å². The molecular formula is C12H18BrNO2. The Morgan fingerprint density at radius 2 is 2.06 bits per heavy atom. The third-order valence-electron chi connectivity index (χ3n) is 2.34. The van der Waals surface area contributed by atoms with Gasteiger partial charge in [0, 0.05) is 23.2 Å². The van der Waals surface area contributed by atoms with Gasteiger partial charge >= 0.3 is 0 Å². The minimum atomic E-state index is -0.0408. The van der Waals surface area contributed by atoms with Crippen LogP contribution in [-0.4, -0.2) is 19.8 Å².